The number of hydrazine groups is 2. The molecule has 0 atom stereocenters. The summed E-state index contributed by atoms with van der Waals surface area (Å²) >= 11 is 0. The number of aliphatic hydroxyl groups excluding tert-OH is 1. The van der Waals surface area contributed by atoms with Crippen molar-refractivity contribution in [2.45, 2.75) is 13.5 Å². The molecular weight excluding hydrogens is 215 g/mol. The van der Waals surface area contributed by atoms with Gasteiger partial charge in [0.25, 0.3) is 0 Å². The number of halogens is 1. The van der Waals surface area contributed by atoms with Crippen molar-refractivity contribution in [3.05, 3.63) is 29.1 Å². The molecule has 0 saturated heterocycles. The first-order valence-electron chi connectivity index (χ1n) is 4.46. The zero-order valence-electron chi connectivity index (χ0n) is 8.70. The largest absolute Gasteiger partial charge is 0.392 e. The molecule has 0 aliphatic rings. The van der Waals surface area contributed by atoms with E-state index in [0.717, 1.165) is 6.07 Å². The van der Waals surface area contributed by atoms with E-state index in [0.29, 0.717) is 16.1 Å². The molecule has 0 radical (unpaired) electrons. The fourth-order valence-electron chi connectivity index (χ4n) is 1.35. The average molecular weight is 228 g/mol. The molecule has 0 aromatic heterocycles. The molecule has 0 bridgehead atoms. The number of amides is 2. The Kier molecular flexibility index (Phi) is 3.78. The maximum absolute atomic E-state index is 13.1. The summed E-state index contributed by atoms with van der Waals surface area (Å²) in [5, 5.41) is 9.77. The molecule has 0 fully saturated rings. The summed E-state index contributed by atoms with van der Waals surface area (Å²) < 4.78 is 13.1. The van der Waals surface area contributed by atoms with E-state index in [2.05, 4.69) is 0 Å². The number of aliphatic hydroxyl groups is 1. The van der Waals surface area contributed by atoms with Gasteiger partial charge in [0.2, 0.25) is 0 Å². The summed E-state index contributed by atoms with van der Waals surface area (Å²) in [6.07, 6.45) is 0. The number of nitrogens with zero attached hydrogens (tertiary/aromatic N) is 1. The minimum absolute atomic E-state index is 0.0722. The summed E-state index contributed by atoms with van der Waals surface area (Å²) in [6.45, 7) is 1.25. The Balaban J connectivity index is 3.25. The summed E-state index contributed by atoms with van der Waals surface area (Å²) in [6, 6.07) is 1.48. The highest BCUT2D eigenvalue weighted by Gasteiger charge is 2.16. The molecule has 1 rings (SSSR count). The quantitative estimate of drug-likeness (QED) is 0.322. The fraction of sp³-hybridized carbons (Fsp3) is 0.222. The number of nitrogens with two attached hydrogens (primary N) is 2. The third-order valence-electron chi connectivity index (χ3n) is 2.17. The average Bonchev–Trinajstić information content (AvgIpc) is 2.26. The van der Waals surface area contributed by atoms with Gasteiger partial charge in [-0.25, -0.2) is 25.9 Å². The summed E-state index contributed by atoms with van der Waals surface area (Å²) in [5.41, 5.74) is 2.75. The molecule has 7 heteroatoms. The van der Waals surface area contributed by atoms with Crippen LogP contribution >= 0.6 is 0 Å². The van der Waals surface area contributed by atoms with Crippen LogP contribution in [-0.4, -0.2) is 11.1 Å². The number of hydrogen-bond donors (Lipinski definition) is 4. The first-order valence-corrected chi connectivity index (χ1v) is 4.46. The SMILES string of the molecule is Cc1cc(F)cc(N(N)C(=O)NN)c1CO. The van der Waals surface area contributed by atoms with Crippen LogP contribution in [0.2, 0.25) is 0 Å². The van der Waals surface area contributed by atoms with Gasteiger partial charge in [0.1, 0.15) is 5.82 Å². The van der Waals surface area contributed by atoms with E-state index in [1.807, 2.05) is 5.43 Å². The molecule has 0 unspecified atom stereocenters. The minimum Gasteiger partial charge on any atom is -0.392 e. The lowest BCUT2D eigenvalue weighted by atomic mass is 10.1. The number of nitrogens with one attached hydrogen (secondary N) is 1. The number of carbonyl (C=O) groups excluding carboxylic acids is 1. The molecule has 16 heavy (non-hydrogen) atoms. The van der Waals surface area contributed by atoms with E-state index in [-0.39, 0.29) is 12.3 Å². The highest BCUT2D eigenvalue weighted by molar-refractivity contribution is 5.91. The first-order chi connectivity index (χ1) is 7.51. The van der Waals surface area contributed by atoms with Gasteiger partial charge in [-0.1, -0.05) is 0 Å². The Morgan fingerprint density at radius 1 is 1.62 bits per heavy atom. The van der Waals surface area contributed by atoms with E-state index in [4.69, 9.17) is 16.8 Å². The molecule has 6 nitrogen and oxygen atoms in total. The maximum atomic E-state index is 13.1. The van der Waals surface area contributed by atoms with Gasteiger partial charge in [0.05, 0.1) is 12.3 Å². The maximum Gasteiger partial charge on any atom is 0.350 e. The molecule has 1 aromatic carbocycles. The van der Waals surface area contributed by atoms with Gasteiger partial charge in [-0.05, 0) is 24.6 Å². The highest BCUT2D eigenvalue weighted by Crippen LogP contribution is 2.23. The Hall–Kier alpha value is -1.70. The van der Waals surface area contributed by atoms with E-state index in [1.165, 1.54) is 6.07 Å². The number of benzene rings is 1. The summed E-state index contributed by atoms with van der Waals surface area (Å²) in [5.74, 6) is 9.78. The predicted molar refractivity (Wildman–Crippen MR) is 56.4 cm³/mol. The summed E-state index contributed by atoms with van der Waals surface area (Å²) in [4.78, 5) is 11.2. The van der Waals surface area contributed by atoms with Crippen molar-refractivity contribution in [2.24, 2.45) is 11.7 Å². The smallest absolute Gasteiger partial charge is 0.350 e. The van der Waals surface area contributed by atoms with Gasteiger partial charge in [-0.2, -0.15) is 0 Å². The van der Waals surface area contributed by atoms with Crippen molar-refractivity contribution < 1.29 is 14.3 Å². The standard InChI is InChI=1S/C9H13FN4O2/c1-5-2-6(10)3-8(7(5)4-15)14(12)9(16)13-11/h2-3,15H,4,11-12H2,1H3,(H,13,16). The Bertz CT molecular complexity index is 411. The molecule has 0 saturated carbocycles. The zero-order chi connectivity index (χ0) is 12.3. The molecular formula is C9H13FN4O2. The Morgan fingerprint density at radius 3 is 2.75 bits per heavy atom. The topological polar surface area (TPSA) is 105 Å². The zero-order valence-corrected chi connectivity index (χ0v) is 8.70. The second kappa shape index (κ2) is 4.88. The molecule has 0 heterocycles. The van der Waals surface area contributed by atoms with Crippen LogP contribution in [0.5, 0.6) is 0 Å². The lowest BCUT2D eigenvalue weighted by Gasteiger charge is -2.20. The normalized spacial score (nSPS) is 10.1. The van der Waals surface area contributed by atoms with E-state index in [9.17, 15) is 9.18 Å². The van der Waals surface area contributed by atoms with Crippen LogP contribution in [0.15, 0.2) is 12.1 Å². The van der Waals surface area contributed by atoms with Crippen molar-refractivity contribution >= 4 is 11.7 Å². The summed E-state index contributed by atoms with van der Waals surface area (Å²) in [7, 11) is 0. The van der Waals surface area contributed by atoms with Crippen LogP contribution < -0.4 is 22.1 Å². The molecule has 88 valence electrons. The number of aryl methyl sites for hydroxylation is 1. The van der Waals surface area contributed by atoms with Crippen LogP contribution in [0, 0.1) is 12.7 Å². The first kappa shape index (κ1) is 12.4. The number of carbonyl (C=O) groups is 1. The number of hydrogen-bond acceptors (Lipinski definition) is 4. The predicted octanol–water partition coefficient (Wildman–Crippen LogP) is -0.110. The van der Waals surface area contributed by atoms with Gasteiger partial charge in [-0.3, -0.25) is 5.43 Å². The number of rotatable bonds is 2. The molecule has 0 aliphatic heterocycles. The van der Waals surface area contributed by atoms with Crippen LogP contribution in [0.4, 0.5) is 14.9 Å². The van der Waals surface area contributed by atoms with Crippen LogP contribution in [-0.2, 0) is 6.61 Å². The third-order valence-corrected chi connectivity index (χ3v) is 2.17. The van der Waals surface area contributed by atoms with Gasteiger partial charge in [0, 0.05) is 5.56 Å². The van der Waals surface area contributed by atoms with Gasteiger partial charge >= 0.3 is 6.03 Å². The van der Waals surface area contributed by atoms with E-state index < -0.39 is 11.8 Å². The Morgan fingerprint density at radius 2 is 2.25 bits per heavy atom. The van der Waals surface area contributed by atoms with Crippen LogP contribution in [0.3, 0.4) is 0 Å². The lowest BCUT2D eigenvalue weighted by molar-refractivity contribution is 0.246. The molecule has 0 spiro atoms. The van der Waals surface area contributed by atoms with Gasteiger partial charge in [0.15, 0.2) is 0 Å². The monoisotopic (exact) mass is 228 g/mol. The van der Waals surface area contributed by atoms with Gasteiger partial charge < -0.3 is 5.11 Å². The van der Waals surface area contributed by atoms with Crippen molar-refractivity contribution in [3.63, 3.8) is 0 Å². The number of urea groups is 1. The Labute approximate surface area is 91.6 Å². The van der Waals surface area contributed by atoms with Crippen LogP contribution in [0.25, 0.3) is 0 Å². The molecule has 6 N–H and O–H groups in total. The molecule has 2 amide bonds. The second-order valence-corrected chi connectivity index (χ2v) is 3.20. The highest BCUT2D eigenvalue weighted by atomic mass is 19.1. The van der Waals surface area contributed by atoms with E-state index >= 15 is 0 Å². The van der Waals surface area contributed by atoms with Crippen LogP contribution in [0.1, 0.15) is 11.1 Å². The van der Waals surface area contributed by atoms with Gasteiger partial charge in [-0.15, -0.1) is 0 Å². The second-order valence-electron chi connectivity index (χ2n) is 3.20. The third kappa shape index (κ3) is 2.27. The number of anilines is 1. The van der Waals surface area contributed by atoms with Crippen molar-refractivity contribution in [1.29, 1.82) is 0 Å². The lowest BCUT2D eigenvalue weighted by Crippen LogP contribution is -2.48. The van der Waals surface area contributed by atoms with E-state index in [1.54, 1.807) is 6.92 Å². The molecule has 1 aromatic rings. The molecule has 0 aliphatic carbocycles. The van der Waals surface area contributed by atoms with Crippen molar-refractivity contribution in [2.75, 3.05) is 5.01 Å². The van der Waals surface area contributed by atoms with Crippen molar-refractivity contribution in [3.8, 4) is 0 Å². The van der Waals surface area contributed by atoms with Crippen molar-refractivity contribution in [1.82, 2.24) is 5.43 Å². The fourth-order valence-corrected chi connectivity index (χ4v) is 1.35. The minimum atomic E-state index is -0.806.